The van der Waals surface area contributed by atoms with Crippen molar-refractivity contribution >= 4 is 16.5 Å². The Morgan fingerprint density at radius 3 is 2.40 bits per heavy atom. The number of benzene rings is 1. The average molecular weight is 224 g/mol. The monoisotopic (exact) mass is 224 g/mol. The van der Waals surface area contributed by atoms with Gasteiger partial charge in [-0.25, -0.2) is 0 Å². The molecule has 1 rings (SSSR count). The fourth-order valence-corrected chi connectivity index (χ4v) is 1.84. The zero-order valence-corrected chi connectivity index (χ0v) is 10.1. The summed E-state index contributed by atoms with van der Waals surface area (Å²) in [7, 11) is 2.86. The smallest absolute Gasteiger partial charge is 0.0801 e. The molecule has 82 valence electrons. The van der Waals surface area contributed by atoms with Crippen LogP contribution in [0.3, 0.4) is 0 Å². The van der Waals surface area contributed by atoms with Gasteiger partial charge in [-0.2, -0.15) is 5.10 Å². The van der Waals surface area contributed by atoms with Crippen molar-refractivity contribution in [1.29, 1.82) is 0 Å². The lowest BCUT2D eigenvalue weighted by molar-refractivity contribution is 0.438. The van der Waals surface area contributed by atoms with Crippen LogP contribution in [0, 0.1) is 0 Å². The summed E-state index contributed by atoms with van der Waals surface area (Å²) in [5.74, 6) is 0.488. The average Bonchev–Trinajstić information content (AvgIpc) is 2.17. The van der Waals surface area contributed by atoms with Gasteiger partial charge in [0, 0.05) is 31.2 Å². The fourth-order valence-electron chi connectivity index (χ4n) is 1.23. The van der Waals surface area contributed by atoms with E-state index < -0.39 is 10.8 Å². The topological polar surface area (TPSA) is 32.7 Å². The van der Waals surface area contributed by atoms with Crippen LogP contribution >= 0.6 is 0 Å². The van der Waals surface area contributed by atoms with Crippen LogP contribution in [0.5, 0.6) is 0 Å². The van der Waals surface area contributed by atoms with Crippen molar-refractivity contribution in [3.05, 3.63) is 35.9 Å². The van der Waals surface area contributed by atoms with E-state index in [2.05, 4.69) is 5.10 Å². The summed E-state index contributed by atoms with van der Waals surface area (Å²) in [6.07, 6.45) is 1.69. The molecule has 1 atom stereocenters. The van der Waals surface area contributed by atoms with Gasteiger partial charge in [-0.15, -0.1) is 0 Å². The molecule has 0 bridgehead atoms. The Bertz CT molecular complexity index is 360. The highest BCUT2D eigenvalue weighted by molar-refractivity contribution is 7.85. The molecule has 1 aromatic carbocycles. The predicted molar refractivity (Wildman–Crippen MR) is 65.6 cm³/mol. The summed E-state index contributed by atoms with van der Waals surface area (Å²) in [4.78, 5) is 0. The van der Waals surface area contributed by atoms with E-state index in [0.29, 0.717) is 5.75 Å². The van der Waals surface area contributed by atoms with Crippen LogP contribution in [0.25, 0.3) is 0 Å². The van der Waals surface area contributed by atoms with Gasteiger partial charge in [0.2, 0.25) is 0 Å². The second-order valence-corrected chi connectivity index (χ2v) is 4.91. The van der Waals surface area contributed by atoms with Crippen molar-refractivity contribution in [2.75, 3.05) is 26.1 Å². The fraction of sp³-hybridized carbons (Fsp3) is 0.364. The first-order valence-corrected chi connectivity index (χ1v) is 6.42. The molecule has 0 heterocycles. The van der Waals surface area contributed by atoms with Crippen LogP contribution in [0.2, 0.25) is 0 Å². The van der Waals surface area contributed by atoms with Gasteiger partial charge in [0.1, 0.15) is 0 Å². The van der Waals surface area contributed by atoms with Gasteiger partial charge in [-0.3, -0.25) is 4.21 Å². The molecule has 0 aromatic heterocycles. The van der Waals surface area contributed by atoms with Crippen LogP contribution in [0.4, 0.5) is 0 Å². The maximum Gasteiger partial charge on any atom is 0.0801 e. The highest BCUT2D eigenvalue weighted by Crippen LogP contribution is 2.03. The summed E-state index contributed by atoms with van der Waals surface area (Å²) in [5.41, 5.74) is 1.89. The molecule has 15 heavy (non-hydrogen) atoms. The van der Waals surface area contributed by atoms with E-state index in [1.165, 1.54) is 0 Å². The van der Waals surface area contributed by atoms with E-state index >= 15 is 0 Å². The molecular weight excluding hydrogens is 208 g/mol. The lowest BCUT2D eigenvalue weighted by Gasteiger charge is -2.10. The summed E-state index contributed by atoms with van der Waals surface area (Å²) < 4.78 is 11.2. The third kappa shape index (κ3) is 4.25. The molecule has 0 N–H and O–H groups in total. The maximum absolute atomic E-state index is 11.2. The Hall–Kier alpha value is -1.16. The number of hydrogen-bond acceptors (Lipinski definition) is 3. The van der Waals surface area contributed by atoms with Crippen molar-refractivity contribution in [1.82, 2.24) is 5.01 Å². The van der Waals surface area contributed by atoms with Crippen LogP contribution in [0.15, 0.2) is 35.4 Å². The van der Waals surface area contributed by atoms with Gasteiger partial charge >= 0.3 is 0 Å². The van der Waals surface area contributed by atoms with Crippen molar-refractivity contribution < 1.29 is 4.21 Å². The number of hydrazone groups is 1. The van der Waals surface area contributed by atoms with Gasteiger partial charge in [-0.1, -0.05) is 30.3 Å². The van der Waals surface area contributed by atoms with Crippen molar-refractivity contribution in [3.8, 4) is 0 Å². The first kappa shape index (κ1) is 11.9. The summed E-state index contributed by atoms with van der Waals surface area (Å²) >= 11 is 0. The molecule has 0 unspecified atom stereocenters. The summed E-state index contributed by atoms with van der Waals surface area (Å²) in [6.45, 7) is 0. The summed E-state index contributed by atoms with van der Waals surface area (Å²) in [5, 5.41) is 6.08. The molecule has 0 saturated carbocycles. The lowest BCUT2D eigenvalue weighted by atomic mass is 10.1. The zero-order valence-electron chi connectivity index (χ0n) is 9.30. The minimum Gasteiger partial charge on any atom is -0.303 e. The van der Waals surface area contributed by atoms with Crippen molar-refractivity contribution in [2.24, 2.45) is 5.10 Å². The first-order valence-electron chi connectivity index (χ1n) is 4.70. The molecule has 0 amide bonds. The van der Waals surface area contributed by atoms with Crippen LogP contribution < -0.4 is 0 Å². The highest BCUT2D eigenvalue weighted by atomic mass is 32.2. The van der Waals surface area contributed by atoms with Crippen molar-refractivity contribution in [2.45, 2.75) is 0 Å². The van der Waals surface area contributed by atoms with Gasteiger partial charge in [0.15, 0.2) is 0 Å². The molecule has 0 spiro atoms. The van der Waals surface area contributed by atoms with Crippen molar-refractivity contribution in [3.63, 3.8) is 0 Å². The second-order valence-electron chi connectivity index (χ2n) is 3.48. The SMILES string of the molecule is CN(C)/N=C(/C[S@](C)=O)c1ccccc1. The minimum atomic E-state index is -0.870. The Balaban J connectivity index is 2.96. The van der Waals surface area contributed by atoms with Gasteiger partial charge in [0.05, 0.1) is 11.5 Å². The second kappa shape index (κ2) is 5.66. The molecule has 0 aliphatic rings. The third-order valence-electron chi connectivity index (χ3n) is 1.77. The molecule has 3 nitrogen and oxygen atoms in total. The molecule has 0 fully saturated rings. The van der Waals surface area contributed by atoms with E-state index in [-0.39, 0.29) is 0 Å². The van der Waals surface area contributed by atoms with E-state index in [0.717, 1.165) is 11.3 Å². The normalized spacial score (nSPS) is 13.7. The van der Waals surface area contributed by atoms with Crippen LogP contribution in [-0.4, -0.2) is 41.0 Å². The quantitative estimate of drug-likeness (QED) is 0.571. The standard InChI is InChI=1S/C11H16N2OS/c1-13(2)12-11(9-15(3)14)10-7-5-4-6-8-10/h4-8H,9H2,1-3H3/b12-11-/t15-/m0/s1. The predicted octanol–water partition coefficient (Wildman–Crippen LogP) is 1.33. The maximum atomic E-state index is 11.2. The molecule has 0 aliphatic carbocycles. The molecule has 0 radical (unpaired) electrons. The van der Waals surface area contributed by atoms with Crippen LogP contribution in [0.1, 0.15) is 5.56 Å². The van der Waals surface area contributed by atoms with E-state index in [4.69, 9.17) is 0 Å². The molecule has 1 aromatic rings. The number of hydrogen-bond donors (Lipinski definition) is 0. The molecule has 0 aliphatic heterocycles. The number of rotatable bonds is 4. The minimum absolute atomic E-state index is 0.488. The Morgan fingerprint density at radius 2 is 1.93 bits per heavy atom. The Morgan fingerprint density at radius 1 is 1.33 bits per heavy atom. The van der Waals surface area contributed by atoms with Gasteiger partial charge in [-0.05, 0) is 5.56 Å². The largest absolute Gasteiger partial charge is 0.303 e. The van der Waals surface area contributed by atoms with E-state index in [9.17, 15) is 4.21 Å². The van der Waals surface area contributed by atoms with Gasteiger partial charge in [0.25, 0.3) is 0 Å². The number of nitrogens with zero attached hydrogens (tertiary/aromatic N) is 2. The highest BCUT2D eigenvalue weighted by Gasteiger charge is 2.05. The molecule has 4 heteroatoms. The van der Waals surface area contributed by atoms with E-state index in [1.807, 2.05) is 44.4 Å². The lowest BCUT2D eigenvalue weighted by Crippen LogP contribution is -2.16. The van der Waals surface area contributed by atoms with E-state index in [1.54, 1.807) is 11.3 Å². The Kier molecular flexibility index (Phi) is 4.49. The first-order chi connectivity index (χ1) is 7.09. The molecular formula is C11H16N2OS. The summed E-state index contributed by atoms with van der Waals surface area (Å²) in [6, 6.07) is 9.84. The molecule has 0 saturated heterocycles. The third-order valence-corrected chi connectivity index (χ3v) is 2.45. The Labute approximate surface area is 93.3 Å². The zero-order chi connectivity index (χ0) is 11.3. The van der Waals surface area contributed by atoms with Crippen LogP contribution in [-0.2, 0) is 10.8 Å². The van der Waals surface area contributed by atoms with Gasteiger partial charge < -0.3 is 5.01 Å².